The van der Waals surface area contributed by atoms with Gasteiger partial charge < -0.3 is 14.6 Å². The molecule has 0 saturated carbocycles. The molecule has 1 heterocycles. The van der Waals surface area contributed by atoms with Crippen molar-refractivity contribution in [3.63, 3.8) is 0 Å². The summed E-state index contributed by atoms with van der Waals surface area (Å²) in [5, 5.41) is 10.1. The van der Waals surface area contributed by atoms with E-state index in [0.717, 1.165) is 40.8 Å². The SMILES string of the molecule is OC1CCCc2c(Br)cc3c(c21)OCCO3. The van der Waals surface area contributed by atoms with Gasteiger partial charge in [-0.3, -0.25) is 0 Å². The van der Waals surface area contributed by atoms with Crippen molar-refractivity contribution >= 4 is 15.9 Å². The van der Waals surface area contributed by atoms with E-state index in [-0.39, 0.29) is 0 Å². The van der Waals surface area contributed by atoms with Gasteiger partial charge in [0.2, 0.25) is 0 Å². The number of ether oxygens (including phenoxy) is 2. The Labute approximate surface area is 102 Å². The van der Waals surface area contributed by atoms with Crippen LogP contribution < -0.4 is 9.47 Å². The molecule has 1 N–H and O–H groups in total. The van der Waals surface area contributed by atoms with Gasteiger partial charge in [-0.05, 0) is 30.9 Å². The number of fused-ring (bicyclic) bond motifs is 3. The van der Waals surface area contributed by atoms with Crippen molar-refractivity contribution in [3.8, 4) is 11.5 Å². The smallest absolute Gasteiger partial charge is 0.167 e. The van der Waals surface area contributed by atoms with Crippen LogP contribution in [-0.4, -0.2) is 18.3 Å². The molecule has 3 rings (SSSR count). The maximum Gasteiger partial charge on any atom is 0.167 e. The van der Waals surface area contributed by atoms with Crippen LogP contribution in [0.3, 0.4) is 0 Å². The molecule has 86 valence electrons. The standard InChI is InChI=1S/C12H13BrO3/c13-8-6-10-12(16-5-4-15-10)11-7(8)2-1-3-9(11)14/h6,9,14H,1-5H2. The van der Waals surface area contributed by atoms with Crippen LogP contribution in [0.2, 0.25) is 0 Å². The Bertz CT molecular complexity index is 431. The van der Waals surface area contributed by atoms with E-state index >= 15 is 0 Å². The summed E-state index contributed by atoms with van der Waals surface area (Å²) in [4.78, 5) is 0. The molecule has 0 radical (unpaired) electrons. The van der Waals surface area contributed by atoms with Crippen LogP contribution in [0, 0.1) is 0 Å². The zero-order chi connectivity index (χ0) is 11.1. The molecule has 0 amide bonds. The summed E-state index contributed by atoms with van der Waals surface area (Å²) in [5.41, 5.74) is 2.10. The van der Waals surface area contributed by atoms with Crippen molar-refractivity contribution in [2.24, 2.45) is 0 Å². The van der Waals surface area contributed by atoms with Crippen molar-refractivity contribution < 1.29 is 14.6 Å². The van der Waals surface area contributed by atoms with Crippen LogP contribution in [0.4, 0.5) is 0 Å². The number of aliphatic hydroxyl groups is 1. The minimum absolute atomic E-state index is 0.420. The summed E-state index contributed by atoms with van der Waals surface area (Å²) in [6.45, 7) is 1.14. The topological polar surface area (TPSA) is 38.7 Å². The fourth-order valence-corrected chi connectivity index (χ4v) is 3.06. The highest BCUT2D eigenvalue weighted by Crippen LogP contribution is 2.46. The first-order valence-electron chi connectivity index (χ1n) is 5.56. The summed E-state index contributed by atoms with van der Waals surface area (Å²) < 4.78 is 12.2. The Kier molecular flexibility index (Phi) is 2.56. The van der Waals surface area contributed by atoms with Gasteiger partial charge in [-0.2, -0.15) is 0 Å². The van der Waals surface area contributed by atoms with Crippen LogP contribution in [0.25, 0.3) is 0 Å². The van der Waals surface area contributed by atoms with E-state index in [1.165, 1.54) is 5.56 Å². The lowest BCUT2D eigenvalue weighted by Gasteiger charge is -2.29. The van der Waals surface area contributed by atoms with Crippen LogP contribution in [0.5, 0.6) is 11.5 Å². The van der Waals surface area contributed by atoms with E-state index in [0.29, 0.717) is 13.2 Å². The largest absolute Gasteiger partial charge is 0.486 e. The second-order valence-corrected chi connectivity index (χ2v) is 5.04. The molecule has 0 fully saturated rings. The van der Waals surface area contributed by atoms with Crippen molar-refractivity contribution in [1.82, 2.24) is 0 Å². The van der Waals surface area contributed by atoms with Gasteiger partial charge in [0.05, 0.1) is 6.10 Å². The summed E-state index contributed by atoms with van der Waals surface area (Å²) in [6, 6.07) is 1.95. The fraction of sp³-hybridized carbons (Fsp3) is 0.500. The average molecular weight is 285 g/mol. The van der Waals surface area contributed by atoms with Gasteiger partial charge in [-0.1, -0.05) is 15.9 Å². The molecule has 16 heavy (non-hydrogen) atoms. The molecule has 1 atom stereocenters. The van der Waals surface area contributed by atoms with E-state index in [9.17, 15) is 5.11 Å². The van der Waals surface area contributed by atoms with Crippen LogP contribution in [0.15, 0.2) is 10.5 Å². The Morgan fingerprint density at radius 1 is 1.31 bits per heavy atom. The molecule has 3 nitrogen and oxygen atoms in total. The molecule has 1 aliphatic heterocycles. The molecule has 1 unspecified atom stereocenters. The van der Waals surface area contributed by atoms with E-state index in [1.807, 2.05) is 6.07 Å². The molecule has 0 spiro atoms. The number of rotatable bonds is 0. The summed E-state index contributed by atoms with van der Waals surface area (Å²) in [5.74, 6) is 1.49. The van der Waals surface area contributed by atoms with Gasteiger partial charge in [0.15, 0.2) is 11.5 Å². The second kappa shape index (κ2) is 3.93. The number of halogens is 1. The van der Waals surface area contributed by atoms with E-state index < -0.39 is 6.10 Å². The third-order valence-corrected chi connectivity index (χ3v) is 3.87. The Morgan fingerprint density at radius 3 is 3.00 bits per heavy atom. The van der Waals surface area contributed by atoms with Gasteiger partial charge in [-0.25, -0.2) is 0 Å². The quantitative estimate of drug-likeness (QED) is 0.796. The van der Waals surface area contributed by atoms with Gasteiger partial charge >= 0.3 is 0 Å². The number of hydrogen-bond donors (Lipinski definition) is 1. The molecular weight excluding hydrogens is 272 g/mol. The Balaban J connectivity index is 2.21. The molecule has 1 aromatic rings. The zero-order valence-corrected chi connectivity index (χ0v) is 10.4. The summed E-state index contributed by atoms with van der Waals surface area (Å²) in [6.07, 6.45) is 2.40. The number of benzene rings is 1. The summed E-state index contributed by atoms with van der Waals surface area (Å²) >= 11 is 3.54. The minimum atomic E-state index is -0.420. The molecule has 1 aromatic carbocycles. The predicted octanol–water partition coefficient (Wildman–Crippen LogP) is 2.59. The van der Waals surface area contributed by atoms with Crippen LogP contribution >= 0.6 is 15.9 Å². The third kappa shape index (κ3) is 1.52. The highest BCUT2D eigenvalue weighted by molar-refractivity contribution is 9.10. The van der Waals surface area contributed by atoms with Crippen molar-refractivity contribution in [2.75, 3.05) is 13.2 Å². The first-order valence-corrected chi connectivity index (χ1v) is 6.35. The Morgan fingerprint density at radius 2 is 2.12 bits per heavy atom. The maximum atomic E-state index is 10.1. The monoisotopic (exact) mass is 284 g/mol. The van der Waals surface area contributed by atoms with Gasteiger partial charge in [-0.15, -0.1) is 0 Å². The molecule has 0 saturated heterocycles. The van der Waals surface area contributed by atoms with Crippen molar-refractivity contribution in [2.45, 2.75) is 25.4 Å². The van der Waals surface area contributed by atoms with Crippen molar-refractivity contribution in [3.05, 3.63) is 21.7 Å². The molecule has 2 aliphatic rings. The highest BCUT2D eigenvalue weighted by atomic mass is 79.9. The zero-order valence-electron chi connectivity index (χ0n) is 8.83. The maximum absolute atomic E-state index is 10.1. The molecule has 4 heteroatoms. The minimum Gasteiger partial charge on any atom is -0.486 e. The second-order valence-electron chi connectivity index (χ2n) is 4.18. The van der Waals surface area contributed by atoms with E-state index in [1.54, 1.807) is 0 Å². The summed E-state index contributed by atoms with van der Waals surface area (Å²) in [7, 11) is 0. The Hall–Kier alpha value is -0.740. The van der Waals surface area contributed by atoms with Crippen LogP contribution in [0.1, 0.15) is 30.1 Å². The highest BCUT2D eigenvalue weighted by Gasteiger charge is 2.28. The van der Waals surface area contributed by atoms with E-state index in [2.05, 4.69) is 15.9 Å². The molecule has 0 aromatic heterocycles. The molecule has 1 aliphatic carbocycles. The first kappa shape index (κ1) is 10.4. The first-order chi connectivity index (χ1) is 7.77. The third-order valence-electron chi connectivity index (χ3n) is 3.16. The molecular formula is C12H13BrO3. The fourth-order valence-electron chi connectivity index (χ4n) is 2.44. The number of hydrogen-bond acceptors (Lipinski definition) is 3. The molecule has 0 bridgehead atoms. The lowest BCUT2D eigenvalue weighted by atomic mass is 9.88. The van der Waals surface area contributed by atoms with Gasteiger partial charge in [0, 0.05) is 10.0 Å². The lowest BCUT2D eigenvalue weighted by molar-refractivity contribution is 0.133. The van der Waals surface area contributed by atoms with Gasteiger partial charge in [0.25, 0.3) is 0 Å². The van der Waals surface area contributed by atoms with Gasteiger partial charge in [0.1, 0.15) is 13.2 Å². The van der Waals surface area contributed by atoms with Crippen molar-refractivity contribution in [1.29, 1.82) is 0 Å². The van der Waals surface area contributed by atoms with Crippen LogP contribution in [-0.2, 0) is 6.42 Å². The lowest BCUT2D eigenvalue weighted by Crippen LogP contribution is -2.20. The number of aliphatic hydroxyl groups excluding tert-OH is 1. The average Bonchev–Trinajstić information content (AvgIpc) is 2.30. The normalized spacial score (nSPS) is 22.8. The van der Waals surface area contributed by atoms with E-state index in [4.69, 9.17) is 9.47 Å². The predicted molar refractivity (Wildman–Crippen MR) is 63.0 cm³/mol.